The van der Waals surface area contributed by atoms with E-state index in [0.29, 0.717) is 30.2 Å². The predicted octanol–water partition coefficient (Wildman–Crippen LogP) is 4.79. The lowest BCUT2D eigenvalue weighted by molar-refractivity contribution is -0.120. The van der Waals surface area contributed by atoms with E-state index in [1.165, 1.54) is 13.2 Å². The van der Waals surface area contributed by atoms with Gasteiger partial charge in [0.05, 0.1) is 7.11 Å². The van der Waals surface area contributed by atoms with Crippen LogP contribution in [0.5, 0.6) is 11.5 Å². The number of thioether (sulfide) groups is 1. The monoisotopic (exact) mass is 415 g/mol. The quantitative estimate of drug-likeness (QED) is 0.567. The minimum atomic E-state index is -2.92. The summed E-state index contributed by atoms with van der Waals surface area (Å²) >= 11 is 7.41. The van der Waals surface area contributed by atoms with Gasteiger partial charge < -0.3 is 14.8 Å². The molecule has 0 bridgehead atoms. The van der Waals surface area contributed by atoms with Crippen LogP contribution in [0, 0.1) is 0 Å². The molecule has 1 N–H and O–H groups in total. The SMILES string of the molecule is COc1ccc(CCNC(=O)CCSc2ccc(Cl)cc2)cc1OC(F)F. The third-order valence-electron chi connectivity index (χ3n) is 3.59. The molecule has 0 saturated heterocycles. The number of carbonyl (C=O) groups is 1. The van der Waals surface area contributed by atoms with Crippen LogP contribution in [0.15, 0.2) is 47.4 Å². The van der Waals surface area contributed by atoms with Crippen molar-refractivity contribution in [2.75, 3.05) is 19.4 Å². The van der Waals surface area contributed by atoms with Gasteiger partial charge in [-0.2, -0.15) is 8.78 Å². The zero-order valence-corrected chi connectivity index (χ0v) is 16.3. The fraction of sp³-hybridized carbons (Fsp3) is 0.316. The van der Waals surface area contributed by atoms with Gasteiger partial charge in [0, 0.05) is 28.6 Å². The summed E-state index contributed by atoms with van der Waals surface area (Å²) in [5, 5.41) is 3.50. The van der Waals surface area contributed by atoms with E-state index in [2.05, 4.69) is 10.1 Å². The van der Waals surface area contributed by atoms with Gasteiger partial charge in [-0.25, -0.2) is 0 Å². The molecule has 0 fully saturated rings. The Bertz CT molecular complexity index is 744. The highest BCUT2D eigenvalue weighted by molar-refractivity contribution is 7.99. The Morgan fingerprint density at radius 1 is 1.19 bits per heavy atom. The fourth-order valence-corrected chi connectivity index (χ4v) is 3.27. The molecule has 2 aromatic rings. The van der Waals surface area contributed by atoms with Crippen LogP contribution >= 0.6 is 23.4 Å². The zero-order chi connectivity index (χ0) is 19.6. The molecule has 2 rings (SSSR count). The van der Waals surface area contributed by atoms with Gasteiger partial charge in [0.15, 0.2) is 11.5 Å². The van der Waals surface area contributed by atoms with E-state index >= 15 is 0 Å². The van der Waals surface area contributed by atoms with Crippen molar-refractivity contribution in [1.82, 2.24) is 5.32 Å². The number of benzene rings is 2. The Labute approximate surface area is 166 Å². The van der Waals surface area contributed by atoms with Crippen LogP contribution in [-0.2, 0) is 11.2 Å². The Hall–Kier alpha value is -1.99. The molecule has 0 atom stereocenters. The van der Waals surface area contributed by atoms with Crippen LogP contribution < -0.4 is 14.8 Å². The van der Waals surface area contributed by atoms with Gasteiger partial charge in [0.2, 0.25) is 5.91 Å². The molecule has 0 aliphatic rings. The summed E-state index contributed by atoms with van der Waals surface area (Å²) < 4.78 is 34.3. The van der Waals surface area contributed by atoms with Crippen LogP contribution in [0.1, 0.15) is 12.0 Å². The number of nitrogens with one attached hydrogen (secondary N) is 1. The topological polar surface area (TPSA) is 47.6 Å². The minimum Gasteiger partial charge on any atom is -0.493 e. The Morgan fingerprint density at radius 3 is 2.59 bits per heavy atom. The number of rotatable bonds is 10. The maximum Gasteiger partial charge on any atom is 0.387 e. The minimum absolute atomic E-state index is 0.0179. The van der Waals surface area contributed by atoms with Crippen molar-refractivity contribution in [2.45, 2.75) is 24.3 Å². The Kier molecular flexibility index (Phi) is 8.67. The second-order valence-electron chi connectivity index (χ2n) is 5.52. The highest BCUT2D eigenvalue weighted by Crippen LogP contribution is 2.29. The molecule has 0 radical (unpaired) electrons. The third-order valence-corrected chi connectivity index (χ3v) is 4.86. The number of ether oxygens (including phenoxy) is 2. The standard InChI is InChI=1S/C19H20ClF2NO3S/c1-25-16-7-2-13(12-17(16)26-19(21)22)8-10-23-18(24)9-11-27-15-5-3-14(20)4-6-15/h2-7,12,19H,8-11H2,1H3,(H,23,24). The molecular weight excluding hydrogens is 396 g/mol. The van der Waals surface area contributed by atoms with Gasteiger partial charge in [0.25, 0.3) is 0 Å². The van der Waals surface area contributed by atoms with Crippen molar-refractivity contribution in [1.29, 1.82) is 0 Å². The Balaban J connectivity index is 1.73. The first-order chi connectivity index (χ1) is 13.0. The van der Waals surface area contributed by atoms with E-state index in [-0.39, 0.29) is 17.4 Å². The lowest BCUT2D eigenvalue weighted by Crippen LogP contribution is -2.25. The molecule has 8 heteroatoms. The number of hydrogen-bond acceptors (Lipinski definition) is 4. The molecular formula is C19H20ClF2NO3S. The number of hydrogen-bond donors (Lipinski definition) is 1. The van der Waals surface area contributed by atoms with E-state index in [4.69, 9.17) is 16.3 Å². The summed E-state index contributed by atoms with van der Waals surface area (Å²) in [7, 11) is 1.38. The first-order valence-corrected chi connectivity index (χ1v) is 9.61. The average Bonchev–Trinajstić information content (AvgIpc) is 2.63. The molecule has 0 saturated carbocycles. The van der Waals surface area contributed by atoms with E-state index in [1.54, 1.807) is 23.9 Å². The number of carbonyl (C=O) groups excluding carboxylic acids is 1. The van der Waals surface area contributed by atoms with Crippen LogP contribution in [0.2, 0.25) is 5.02 Å². The largest absolute Gasteiger partial charge is 0.493 e. The normalized spacial score (nSPS) is 10.7. The van der Waals surface area contributed by atoms with Crippen molar-refractivity contribution < 1.29 is 23.0 Å². The summed E-state index contributed by atoms with van der Waals surface area (Å²) in [5.74, 6) is 0.814. The first-order valence-electron chi connectivity index (χ1n) is 8.24. The second kappa shape index (κ2) is 11.0. The molecule has 2 aromatic carbocycles. The molecule has 0 aliphatic carbocycles. The van der Waals surface area contributed by atoms with E-state index < -0.39 is 6.61 Å². The van der Waals surface area contributed by atoms with E-state index in [9.17, 15) is 13.6 Å². The number of amides is 1. The maximum atomic E-state index is 12.4. The van der Waals surface area contributed by atoms with Gasteiger partial charge >= 0.3 is 6.61 Å². The van der Waals surface area contributed by atoms with Crippen molar-refractivity contribution in [2.24, 2.45) is 0 Å². The highest BCUT2D eigenvalue weighted by atomic mass is 35.5. The van der Waals surface area contributed by atoms with Crippen LogP contribution in [-0.4, -0.2) is 31.9 Å². The molecule has 0 spiro atoms. The lowest BCUT2D eigenvalue weighted by atomic mass is 10.1. The first kappa shape index (κ1) is 21.3. The summed E-state index contributed by atoms with van der Waals surface area (Å²) in [6, 6.07) is 12.3. The van der Waals surface area contributed by atoms with Crippen LogP contribution in [0.25, 0.3) is 0 Å². The summed E-state index contributed by atoms with van der Waals surface area (Å²) in [6.07, 6.45) is 0.884. The van der Waals surface area contributed by atoms with Crippen molar-refractivity contribution in [3.05, 3.63) is 53.1 Å². The molecule has 0 heterocycles. The molecule has 4 nitrogen and oxygen atoms in total. The zero-order valence-electron chi connectivity index (χ0n) is 14.7. The maximum absolute atomic E-state index is 12.4. The predicted molar refractivity (Wildman–Crippen MR) is 103 cm³/mol. The van der Waals surface area contributed by atoms with E-state index in [1.807, 2.05) is 24.3 Å². The number of halogens is 3. The van der Waals surface area contributed by atoms with Crippen LogP contribution in [0.4, 0.5) is 8.78 Å². The third kappa shape index (κ3) is 7.64. The number of alkyl halides is 2. The molecule has 0 unspecified atom stereocenters. The Morgan fingerprint density at radius 2 is 1.93 bits per heavy atom. The average molecular weight is 416 g/mol. The highest BCUT2D eigenvalue weighted by Gasteiger charge is 2.11. The van der Waals surface area contributed by atoms with Crippen LogP contribution in [0.3, 0.4) is 0 Å². The smallest absolute Gasteiger partial charge is 0.387 e. The lowest BCUT2D eigenvalue weighted by Gasteiger charge is -2.12. The summed E-state index contributed by atoms with van der Waals surface area (Å²) in [6.45, 7) is -2.52. The van der Waals surface area contributed by atoms with Crippen molar-refractivity contribution >= 4 is 29.3 Å². The van der Waals surface area contributed by atoms with E-state index in [0.717, 1.165) is 10.5 Å². The summed E-state index contributed by atoms with van der Waals surface area (Å²) in [4.78, 5) is 13.0. The molecule has 1 amide bonds. The second-order valence-corrected chi connectivity index (χ2v) is 7.12. The molecule has 27 heavy (non-hydrogen) atoms. The van der Waals surface area contributed by atoms with Crippen molar-refractivity contribution in [3.63, 3.8) is 0 Å². The van der Waals surface area contributed by atoms with Crippen molar-refractivity contribution in [3.8, 4) is 11.5 Å². The van der Waals surface area contributed by atoms with Gasteiger partial charge in [-0.1, -0.05) is 17.7 Å². The molecule has 0 aromatic heterocycles. The molecule has 0 aliphatic heterocycles. The van der Waals surface area contributed by atoms with Gasteiger partial charge in [-0.3, -0.25) is 4.79 Å². The summed E-state index contributed by atoms with van der Waals surface area (Å²) in [5.41, 5.74) is 0.766. The molecule has 146 valence electrons. The van der Waals surface area contributed by atoms with Gasteiger partial charge in [0.1, 0.15) is 0 Å². The fourth-order valence-electron chi connectivity index (χ4n) is 2.29. The number of methoxy groups -OCH3 is 1. The van der Waals surface area contributed by atoms with Gasteiger partial charge in [-0.15, -0.1) is 11.8 Å². The van der Waals surface area contributed by atoms with Gasteiger partial charge in [-0.05, 0) is 48.4 Å².